The Hall–Kier alpha value is -5.58. The van der Waals surface area contributed by atoms with Gasteiger partial charge in [0.1, 0.15) is 19.3 Å². The van der Waals surface area contributed by atoms with Crippen molar-refractivity contribution in [1.82, 2.24) is 0 Å². The molecule has 0 fully saturated rings. The van der Waals surface area contributed by atoms with Gasteiger partial charge in [0.2, 0.25) is 0 Å². The molecule has 0 saturated heterocycles. The van der Waals surface area contributed by atoms with Gasteiger partial charge in [0.05, 0.1) is 26.4 Å². The van der Waals surface area contributed by atoms with Crippen molar-refractivity contribution >= 4 is 39.5 Å². The molecule has 5 atom stereocenters. The molecule has 0 saturated carbocycles. The molecular formula is C87H142O17P2. The van der Waals surface area contributed by atoms with Crippen LogP contribution in [0.4, 0.5) is 0 Å². The van der Waals surface area contributed by atoms with E-state index in [9.17, 15) is 43.2 Å². The lowest BCUT2D eigenvalue weighted by Gasteiger charge is -2.21. The van der Waals surface area contributed by atoms with Crippen LogP contribution in [0.25, 0.3) is 0 Å². The fourth-order valence-corrected chi connectivity index (χ4v) is 11.6. The quantitative estimate of drug-likeness (QED) is 0.0169. The zero-order chi connectivity index (χ0) is 77.4. The summed E-state index contributed by atoms with van der Waals surface area (Å²) in [5, 5.41) is 10.6. The van der Waals surface area contributed by atoms with E-state index in [0.29, 0.717) is 32.1 Å². The Morgan fingerprint density at radius 3 is 0.830 bits per heavy atom. The number of carbonyl (C=O) groups is 4. The summed E-state index contributed by atoms with van der Waals surface area (Å²) < 4.78 is 68.5. The van der Waals surface area contributed by atoms with E-state index < -0.39 is 97.5 Å². The first kappa shape index (κ1) is 100. The molecular weight excluding hydrogens is 1380 g/mol. The van der Waals surface area contributed by atoms with E-state index in [1.54, 1.807) is 0 Å². The third-order valence-electron chi connectivity index (χ3n) is 16.1. The molecule has 5 unspecified atom stereocenters. The van der Waals surface area contributed by atoms with Crippen molar-refractivity contribution < 1.29 is 80.2 Å². The third kappa shape index (κ3) is 76.6. The second-order valence-electron chi connectivity index (χ2n) is 26.2. The maximum atomic E-state index is 13.1. The van der Waals surface area contributed by atoms with Crippen molar-refractivity contribution in [3.05, 3.63) is 170 Å². The molecule has 0 aromatic rings. The van der Waals surface area contributed by atoms with E-state index in [2.05, 4.69) is 186 Å². The lowest BCUT2D eigenvalue weighted by atomic mass is 10.1. The summed E-state index contributed by atoms with van der Waals surface area (Å²) in [5.41, 5.74) is 0. The zero-order valence-electron chi connectivity index (χ0n) is 65.8. The first-order valence-electron chi connectivity index (χ1n) is 40.4. The summed E-state index contributed by atoms with van der Waals surface area (Å²) in [6, 6.07) is 0. The number of esters is 4. The number of aliphatic hydroxyl groups is 1. The monoisotopic (exact) mass is 1520 g/mol. The molecule has 602 valence electrons. The second-order valence-corrected chi connectivity index (χ2v) is 29.1. The van der Waals surface area contributed by atoms with E-state index in [1.807, 2.05) is 12.2 Å². The first-order chi connectivity index (χ1) is 51.7. The summed E-state index contributed by atoms with van der Waals surface area (Å²) in [6.07, 6.45) is 91.9. The van der Waals surface area contributed by atoms with Crippen LogP contribution in [-0.4, -0.2) is 96.7 Å². The molecule has 0 aromatic carbocycles. The van der Waals surface area contributed by atoms with Gasteiger partial charge in [-0.25, -0.2) is 9.13 Å². The highest BCUT2D eigenvalue weighted by molar-refractivity contribution is 7.47. The normalized spacial score (nSPS) is 14.7. The van der Waals surface area contributed by atoms with Crippen molar-refractivity contribution in [3.8, 4) is 0 Å². The average Bonchev–Trinajstić information content (AvgIpc) is 0.899. The fraction of sp³-hybridized carbons (Fsp3) is 0.632. The number of unbranched alkanes of at least 4 members (excludes halogenated alkanes) is 20. The van der Waals surface area contributed by atoms with Crippen LogP contribution in [0.5, 0.6) is 0 Å². The predicted octanol–water partition coefficient (Wildman–Crippen LogP) is 23.8. The SMILES string of the molecule is CC/C=C\C/C=C\C/C=C\C/C=C\C/C=C\CCCC(=O)OC(COC(=O)CCCCCCCC/C=C\C/C=C\C/C=C\CCCCC)COP(=O)(O)OCC(O)COP(=O)(O)OCC(COC(=O)CCCCCC/C=C\C/C=C\C/C=C\C/C=C\CC)OC(=O)CCCCCCC/C=C\C/C=C\CCC. The molecule has 17 nitrogen and oxygen atoms in total. The van der Waals surface area contributed by atoms with E-state index in [-0.39, 0.29) is 25.7 Å². The van der Waals surface area contributed by atoms with Gasteiger partial charge in [-0.2, -0.15) is 0 Å². The summed E-state index contributed by atoms with van der Waals surface area (Å²) in [4.78, 5) is 73.1. The van der Waals surface area contributed by atoms with Crippen LogP contribution in [0.1, 0.15) is 297 Å². The van der Waals surface area contributed by atoms with Crippen LogP contribution >= 0.6 is 15.6 Å². The number of ether oxygens (including phenoxy) is 4. The van der Waals surface area contributed by atoms with E-state index in [1.165, 1.54) is 19.3 Å². The Kier molecular flexibility index (Phi) is 73.5. The molecule has 0 spiro atoms. The van der Waals surface area contributed by atoms with Crippen LogP contribution in [0.3, 0.4) is 0 Å². The average molecular weight is 1520 g/mol. The highest BCUT2D eigenvalue weighted by Crippen LogP contribution is 2.45. The molecule has 0 bridgehead atoms. The lowest BCUT2D eigenvalue weighted by molar-refractivity contribution is -0.161. The molecule has 106 heavy (non-hydrogen) atoms. The Bertz CT molecular complexity index is 2680. The van der Waals surface area contributed by atoms with Crippen LogP contribution in [-0.2, 0) is 65.4 Å². The van der Waals surface area contributed by atoms with Crippen molar-refractivity contribution in [2.75, 3.05) is 39.6 Å². The molecule has 0 aromatic heterocycles. The smallest absolute Gasteiger partial charge is 0.462 e. The third-order valence-corrected chi connectivity index (χ3v) is 18.0. The Balaban J connectivity index is 5.46. The number of phosphoric ester groups is 2. The van der Waals surface area contributed by atoms with E-state index in [4.69, 9.17) is 37.0 Å². The molecule has 0 aliphatic carbocycles. The van der Waals surface area contributed by atoms with Gasteiger partial charge in [-0.1, -0.05) is 275 Å². The minimum absolute atomic E-state index is 0.00710. The first-order valence-corrected chi connectivity index (χ1v) is 43.4. The highest BCUT2D eigenvalue weighted by Gasteiger charge is 2.30. The van der Waals surface area contributed by atoms with Gasteiger partial charge < -0.3 is 33.8 Å². The van der Waals surface area contributed by atoms with Crippen molar-refractivity contribution in [3.63, 3.8) is 0 Å². The predicted molar refractivity (Wildman–Crippen MR) is 436 cm³/mol. The molecule has 0 rings (SSSR count). The van der Waals surface area contributed by atoms with Gasteiger partial charge in [0.15, 0.2) is 12.2 Å². The fourth-order valence-electron chi connectivity index (χ4n) is 10.1. The summed E-state index contributed by atoms with van der Waals surface area (Å²) >= 11 is 0. The molecule has 3 N–H and O–H groups in total. The number of rotatable bonds is 74. The van der Waals surface area contributed by atoms with Crippen LogP contribution in [0.2, 0.25) is 0 Å². The minimum Gasteiger partial charge on any atom is -0.462 e. The maximum absolute atomic E-state index is 13.1. The van der Waals surface area contributed by atoms with Crippen LogP contribution in [0, 0.1) is 0 Å². The van der Waals surface area contributed by atoms with Gasteiger partial charge in [0, 0.05) is 25.7 Å². The zero-order valence-corrected chi connectivity index (χ0v) is 67.6. The number of hydrogen-bond acceptors (Lipinski definition) is 15. The number of allylic oxidation sites excluding steroid dienone is 28. The minimum atomic E-state index is -5.01. The van der Waals surface area contributed by atoms with Crippen LogP contribution < -0.4 is 0 Å². The molecule has 19 heteroatoms. The van der Waals surface area contributed by atoms with Crippen molar-refractivity contribution in [1.29, 1.82) is 0 Å². The van der Waals surface area contributed by atoms with E-state index >= 15 is 0 Å². The number of carbonyl (C=O) groups excluding carboxylic acids is 4. The molecule has 0 aliphatic heterocycles. The van der Waals surface area contributed by atoms with Gasteiger partial charge >= 0.3 is 39.5 Å². The maximum Gasteiger partial charge on any atom is 0.472 e. The highest BCUT2D eigenvalue weighted by atomic mass is 31.2. The largest absolute Gasteiger partial charge is 0.472 e. The van der Waals surface area contributed by atoms with E-state index in [0.717, 1.165) is 193 Å². The number of hydrogen-bond donors (Lipinski definition) is 3. The van der Waals surface area contributed by atoms with Crippen molar-refractivity contribution in [2.24, 2.45) is 0 Å². The topological polar surface area (TPSA) is 237 Å². The molecule has 0 heterocycles. The van der Waals surface area contributed by atoms with Gasteiger partial charge in [-0.05, 0) is 167 Å². The van der Waals surface area contributed by atoms with Gasteiger partial charge in [-0.15, -0.1) is 0 Å². The Labute approximate surface area is 642 Å². The summed E-state index contributed by atoms with van der Waals surface area (Å²) in [6.45, 7) is 4.42. The van der Waals surface area contributed by atoms with Gasteiger partial charge in [0.25, 0.3) is 0 Å². The second kappa shape index (κ2) is 77.6. The molecule has 0 aliphatic rings. The molecule has 0 amide bonds. The summed E-state index contributed by atoms with van der Waals surface area (Å²) in [5.74, 6) is -2.31. The standard InChI is InChI=1S/C87H142O17P2/c1-5-9-13-17-21-25-29-33-36-39-40-43-45-49-52-56-60-64-68-72-85(90)98-78-83(104-87(92)74-70-66-62-58-54-50-46-42-38-35-31-27-23-19-15-11-7-3)80-102-106(95,96)100-76-81(88)75-99-105(93,94)101-79-82(103-86(91)73-69-65-61-57-53-47-32-28-24-20-16-12-8-4)77-97-84(89)71-67-63-59-55-51-48-44-41-37-34-30-26-22-18-14-10-6-2/h10-11,14-16,20-23,25-28,32-38,40,43-44,46,48,50,58,62,81-83,88H,5-9,12-13,17-19,24,29-31,39,41-42,45,47,49,51-57,59-61,63-80H2,1-4H3,(H,93,94)(H,95,96)/b14-10-,15-11-,20-16-,25-21-,26-22-,27-23-,32-28-,36-33-,37-34-,38-35-,43-40-,48-44-,50-46-,62-58-. The Morgan fingerprint density at radius 1 is 0.274 bits per heavy atom. The number of aliphatic hydroxyl groups excluding tert-OH is 1. The van der Waals surface area contributed by atoms with Gasteiger partial charge in [-0.3, -0.25) is 37.3 Å². The van der Waals surface area contributed by atoms with Crippen molar-refractivity contribution in [2.45, 2.75) is 316 Å². The molecule has 0 radical (unpaired) electrons. The lowest BCUT2D eigenvalue weighted by Crippen LogP contribution is -2.30. The number of phosphoric acid groups is 2. The summed E-state index contributed by atoms with van der Waals surface area (Å²) in [7, 11) is -10.0. The Morgan fingerprint density at radius 2 is 0.519 bits per heavy atom. The van der Waals surface area contributed by atoms with Crippen LogP contribution in [0.15, 0.2) is 170 Å².